The molecule has 0 unspecified atom stereocenters. The lowest BCUT2D eigenvalue weighted by molar-refractivity contribution is 0.590. The van der Waals surface area contributed by atoms with E-state index < -0.39 is 10.0 Å². The monoisotopic (exact) mass is 184 g/mol. The third-order valence-electron chi connectivity index (χ3n) is 1.01. The lowest BCUT2D eigenvalue weighted by atomic mass is 10.3. The summed E-state index contributed by atoms with van der Waals surface area (Å²) in [6.45, 7) is 0. The zero-order chi connectivity index (χ0) is 8.20. The lowest BCUT2D eigenvalue weighted by Gasteiger charge is -2.04. The van der Waals surface area contributed by atoms with Crippen LogP contribution >= 0.6 is 12.6 Å². The minimum Gasteiger partial charge on any atom is -0.327 e. The van der Waals surface area contributed by atoms with Crippen LogP contribution in [0.1, 0.15) is 6.42 Å². The molecule has 62 valence electrons. The van der Waals surface area contributed by atoms with Crippen LogP contribution in [-0.2, 0) is 10.0 Å². The Morgan fingerprint density at radius 2 is 2.00 bits per heavy atom. The molecule has 0 aliphatic carbocycles. The van der Waals surface area contributed by atoms with Gasteiger partial charge in [-0.05, 0) is 6.42 Å². The fraction of sp³-hybridized carbons (Fsp3) is 1.00. The van der Waals surface area contributed by atoms with Gasteiger partial charge in [0, 0.05) is 11.8 Å². The van der Waals surface area contributed by atoms with Crippen molar-refractivity contribution >= 4 is 22.7 Å². The Balaban J connectivity index is 3.56. The number of hydrogen-bond acceptors (Lipinski definition) is 4. The Morgan fingerprint density at radius 1 is 1.50 bits per heavy atom. The van der Waals surface area contributed by atoms with Gasteiger partial charge in [-0.1, -0.05) is 0 Å². The van der Waals surface area contributed by atoms with E-state index in [-0.39, 0.29) is 11.8 Å². The molecule has 0 fully saturated rings. The van der Waals surface area contributed by atoms with Crippen molar-refractivity contribution in [2.75, 3.05) is 11.5 Å². The summed E-state index contributed by atoms with van der Waals surface area (Å²) in [5.41, 5.74) is 5.38. The van der Waals surface area contributed by atoms with Crippen molar-refractivity contribution in [3.05, 3.63) is 0 Å². The van der Waals surface area contributed by atoms with Crippen LogP contribution in [0.3, 0.4) is 0 Å². The second-order valence-corrected chi connectivity index (χ2v) is 4.20. The van der Waals surface area contributed by atoms with Gasteiger partial charge in [0.15, 0.2) is 0 Å². The van der Waals surface area contributed by atoms with E-state index >= 15 is 0 Å². The first-order chi connectivity index (χ1) is 4.45. The maximum absolute atomic E-state index is 10.3. The minimum absolute atomic E-state index is 0.0608. The Labute approximate surface area is 66.4 Å². The summed E-state index contributed by atoms with van der Waals surface area (Å²) in [5, 5.41) is 4.73. The highest BCUT2D eigenvalue weighted by Crippen LogP contribution is 1.92. The summed E-state index contributed by atoms with van der Waals surface area (Å²) in [5.74, 6) is 0.421. The minimum atomic E-state index is -3.34. The summed E-state index contributed by atoms with van der Waals surface area (Å²) < 4.78 is 20.7. The molecule has 0 aromatic carbocycles. The molecule has 0 saturated carbocycles. The second kappa shape index (κ2) is 4.17. The van der Waals surface area contributed by atoms with Gasteiger partial charge in [0.05, 0.1) is 5.75 Å². The molecule has 0 rings (SSSR count). The summed E-state index contributed by atoms with van der Waals surface area (Å²) in [7, 11) is -3.34. The standard InChI is InChI=1S/C4H12N2O2S2/c5-4(3-9)1-2-10(6,7)8/h4,9H,1-3,5H2,(H2,6,7,8)/t4-/m1/s1. The maximum Gasteiger partial charge on any atom is 0.209 e. The molecular weight excluding hydrogens is 172 g/mol. The third kappa shape index (κ3) is 6.34. The van der Waals surface area contributed by atoms with Crippen LogP contribution in [0.5, 0.6) is 0 Å². The van der Waals surface area contributed by atoms with Crippen LogP contribution < -0.4 is 10.9 Å². The van der Waals surface area contributed by atoms with Crippen LogP contribution in [0.2, 0.25) is 0 Å². The van der Waals surface area contributed by atoms with Gasteiger partial charge in [-0.2, -0.15) is 12.6 Å². The fourth-order valence-electron chi connectivity index (χ4n) is 0.407. The summed E-state index contributed by atoms with van der Waals surface area (Å²) in [4.78, 5) is 0. The van der Waals surface area contributed by atoms with Crippen molar-refractivity contribution in [3.8, 4) is 0 Å². The quantitative estimate of drug-likeness (QED) is 0.486. The van der Waals surface area contributed by atoms with Gasteiger partial charge in [0.25, 0.3) is 0 Å². The maximum atomic E-state index is 10.3. The average Bonchev–Trinajstić information content (AvgIpc) is 1.81. The molecule has 0 radical (unpaired) electrons. The average molecular weight is 184 g/mol. The molecule has 0 bridgehead atoms. The van der Waals surface area contributed by atoms with Gasteiger partial charge in [-0.15, -0.1) is 0 Å². The highest BCUT2D eigenvalue weighted by Gasteiger charge is 2.05. The van der Waals surface area contributed by atoms with Gasteiger partial charge < -0.3 is 5.73 Å². The summed E-state index contributed by atoms with van der Waals surface area (Å²) in [6.07, 6.45) is 0.377. The molecule has 0 amide bonds. The highest BCUT2D eigenvalue weighted by molar-refractivity contribution is 7.89. The molecule has 0 aromatic heterocycles. The number of primary sulfonamides is 1. The van der Waals surface area contributed by atoms with Crippen LogP contribution in [0, 0.1) is 0 Å². The smallest absolute Gasteiger partial charge is 0.209 e. The van der Waals surface area contributed by atoms with Crippen molar-refractivity contribution < 1.29 is 8.42 Å². The molecule has 6 heteroatoms. The molecule has 4 nitrogen and oxygen atoms in total. The molecule has 1 atom stereocenters. The van der Waals surface area contributed by atoms with E-state index in [1.165, 1.54) is 0 Å². The van der Waals surface area contributed by atoms with Crippen LogP contribution in [-0.4, -0.2) is 26.0 Å². The molecule has 4 N–H and O–H groups in total. The number of sulfonamides is 1. The van der Waals surface area contributed by atoms with Gasteiger partial charge in [0.2, 0.25) is 10.0 Å². The predicted octanol–water partition coefficient (Wildman–Crippen LogP) is -1.08. The van der Waals surface area contributed by atoms with Crippen molar-refractivity contribution in [1.82, 2.24) is 0 Å². The van der Waals surface area contributed by atoms with E-state index in [4.69, 9.17) is 10.9 Å². The number of thiol groups is 1. The zero-order valence-electron chi connectivity index (χ0n) is 5.53. The van der Waals surface area contributed by atoms with E-state index in [0.717, 1.165) is 0 Å². The predicted molar refractivity (Wildman–Crippen MR) is 44.4 cm³/mol. The molecule has 0 heterocycles. The number of nitrogens with two attached hydrogens (primary N) is 2. The van der Waals surface area contributed by atoms with Gasteiger partial charge >= 0.3 is 0 Å². The zero-order valence-corrected chi connectivity index (χ0v) is 7.24. The molecule has 0 aliphatic rings. The Bertz CT molecular complexity index is 178. The van der Waals surface area contributed by atoms with E-state index in [1.54, 1.807) is 0 Å². The van der Waals surface area contributed by atoms with Crippen molar-refractivity contribution in [2.45, 2.75) is 12.5 Å². The molecule has 0 saturated heterocycles. The van der Waals surface area contributed by atoms with Crippen molar-refractivity contribution in [1.29, 1.82) is 0 Å². The largest absolute Gasteiger partial charge is 0.327 e. The Hall–Kier alpha value is 0.220. The summed E-state index contributed by atoms with van der Waals surface area (Å²) >= 11 is 3.88. The first-order valence-electron chi connectivity index (χ1n) is 2.82. The van der Waals surface area contributed by atoms with Crippen molar-refractivity contribution in [3.63, 3.8) is 0 Å². The molecule has 0 spiro atoms. The summed E-state index contributed by atoms with van der Waals surface area (Å²) in [6, 6.07) is -0.179. The van der Waals surface area contributed by atoms with Crippen LogP contribution in [0.4, 0.5) is 0 Å². The van der Waals surface area contributed by atoms with Crippen LogP contribution in [0.25, 0.3) is 0 Å². The molecule has 0 aliphatic heterocycles. The first-order valence-corrected chi connectivity index (χ1v) is 5.17. The fourth-order valence-corrected chi connectivity index (χ4v) is 1.22. The Kier molecular flexibility index (Phi) is 4.26. The van der Waals surface area contributed by atoms with Crippen molar-refractivity contribution in [2.24, 2.45) is 10.9 Å². The number of rotatable bonds is 4. The first kappa shape index (κ1) is 10.2. The normalized spacial score (nSPS) is 15.1. The highest BCUT2D eigenvalue weighted by atomic mass is 32.2. The van der Waals surface area contributed by atoms with E-state index in [9.17, 15) is 8.42 Å². The van der Waals surface area contributed by atoms with Crippen LogP contribution in [0.15, 0.2) is 0 Å². The van der Waals surface area contributed by atoms with E-state index in [1.807, 2.05) is 0 Å². The number of hydrogen-bond donors (Lipinski definition) is 3. The SMILES string of the molecule is N[C@@H](CS)CCS(N)(=O)=O. The lowest BCUT2D eigenvalue weighted by Crippen LogP contribution is -2.27. The third-order valence-corrected chi connectivity index (χ3v) is 2.28. The Morgan fingerprint density at radius 3 is 2.30 bits per heavy atom. The van der Waals surface area contributed by atoms with E-state index in [0.29, 0.717) is 12.2 Å². The molecule has 10 heavy (non-hydrogen) atoms. The van der Waals surface area contributed by atoms with Gasteiger partial charge in [-0.25, -0.2) is 13.6 Å². The van der Waals surface area contributed by atoms with E-state index in [2.05, 4.69) is 12.6 Å². The van der Waals surface area contributed by atoms with Gasteiger partial charge in [-0.3, -0.25) is 0 Å². The second-order valence-electron chi connectivity index (χ2n) is 2.10. The topological polar surface area (TPSA) is 86.2 Å². The molecule has 0 aromatic rings. The van der Waals surface area contributed by atoms with Gasteiger partial charge in [0.1, 0.15) is 0 Å². The molecular formula is C4H12N2O2S2.